The van der Waals surface area contributed by atoms with Crippen molar-refractivity contribution in [3.63, 3.8) is 0 Å². The van der Waals surface area contributed by atoms with Gasteiger partial charge < -0.3 is 14.8 Å². The third-order valence-electron chi connectivity index (χ3n) is 4.74. The van der Waals surface area contributed by atoms with Crippen molar-refractivity contribution < 1.29 is 19.1 Å². The number of amides is 1. The van der Waals surface area contributed by atoms with Crippen molar-refractivity contribution in [2.24, 2.45) is 4.99 Å². The van der Waals surface area contributed by atoms with Crippen LogP contribution in [0.4, 0.5) is 5.69 Å². The second-order valence-corrected chi connectivity index (χ2v) is 7.25. The van der Waals surface area contributed by atoms with Crippen LogP contribution in [0.15, 0.2) is 89.6 Å². The zero-order valence-corrected chi connectivity index (χ0v) is 17.6. The van der Waals surface area contributed by atoms with Gasteiger partial charge in [-0.3, -0.25) is 4.79 Å². The quantitative estimate of drug-likeness (QED) is 0.442. The predicted molar refractivity (Wildman–Crippen MR) is 123 cm³/mol. The Morgan fingerprint density at radius 1 is 1.03 bits per heavy atom. The van der Waals surface area contributed by atoms with E-state index in [1.807, 2.05) is 42.5 Å². The largest absolute Gasteiger partial charge is 0.493 e. The number of rotatable bonds is 7. The Kier molecular flexibility index (Phi) is 6.41. The van der Waals surface area contributed by atoms with E-state index in [9.17, 15) is 9.59 Å². The van der Waals surface area contributed by atoms with E-state index in [2.05, 4.69) is 22.4 Å². The predicted octanol–water partition coefficient (Wildman–Crippen LogP) is 4.61. The molecule has 4 rings (SSSR count). The van der Waals surface area contributed by atoms with Crippen molar-refractivity contribution in [3.8, 4) is 5.75 Å². The lowest BCUT2D eigenvalue weighted by molar-refractivity contribution is -0.129. The van der Waals surface area contributed by atoms with E-state index in [1.54, 1.807) is 30.3 Å². The monoisotopic (exact) mass is 426 g/mol. The van der Waals surface area contributed by atoms with Crippen LogP contribution in [-0.4, -0.2) is 24.4 Å². The van der Waals surface area contributed by atoms with Crippen LogP contribution < -0.4 is 10.1 Å². The van der Waals surface area contributed by atoms with Crippen molar-refractivity contribution >= 4 is 29.5 Å². The van der Waals surface area contributed by atoms with E-state index in [0.29, 0.717) is 17.9 Å². The average molecular weight is 426 g/mol. The lowest BCUT2D eigenvalue weighted by Crippen LogP contribution is -2.07. The number of esters is 1. The average Bonchev–Trinajstić information content (AvgIpc) is 3.15. The number of carbonyl (C=O) groups is 2. The van der Waals surface area contributed by atoms with Gasteiger partial charge in [-0.05, 0) is 53.6 Å². The molecule has 3 aromatic carbocycles. The molecule has 1 heterocycles. The van der Waals surface area contributed by atoms with Crippen LogP contribution in [0.1, 0.15) is 23.6 Å². The number of carbonyl (C=O) groups excluding carboxylic acids is 2. The maximum absolute atomic E-state index is 12.3. The molecule has 6 heteroatoms. The number of hydrogen-bond acceptors (Lipinski definition) is 5. The summed E-state index contributed by atoms with van der Waals surface area (Å²) in [5.41, 5.74) is 3.53. The topological polar surface area (TPSA) is 77.0 Å². The lowest BCUT2D eigenvalue weighted by Gasteiger charge is -2.07. The van der Waals surface area contributed by atoms with Crippen molar-refractivity contribution in [2.75, 3.05) is 11.9 Å². The number of nitrogens with one attached hydrogen (secondary N) is 1. The molecule has 3 aromatic rings. The summed E-state index contributed by atoms with van der Waals surface area (Å²) in [4.78, 5) is 27.8. The molecule has 6 nitrogen and oxygen atoms in total. The fourth-order valence-corrected chi connectivity index (χ4v) is 3.22. The highest BCUT2D eigenvalue weighted by Gasteiger charge is 2.24. The summed E-state index contributed by atoms with van der Waals surface area (Å²) in [7, 11) is 0. The fraction of sp³-hybridized carbons (Fsp3) is 0.115. The number of anilines is 1. The molecule has 1 aliphatic rings. The molecule has 0 saturated heterocycles. The summed E-state index contributed by atoms with van der Waals surface area (Å²) < 4.78 is 11.2. The molecular formula is C26H22N2O4. The Labute approximate surface area is 186 Å². The highest BCUT2D eigenvalue weighted by atomic mass is 16.6. The summed E-state index contributed by atoms with van der Waals surface area (Å²) >= 11 is 0. The smallest absolute Gasteiger partial charge is 0.363 e. The minimum Gasteiger partial charge on any atom is -0.493 e. The molecular weight excluding hydrogens is 404 g/mol. The van der Waals surface area contributed by atoms with Gasteiger partial charge in [-0.2, -0.15) is 0 Å². The molecule has 1 amide bonds. The molecule has 0 aliphatic carbocycles. The first-order valence-corrected chi connectivity index (χ1v) is 10.2. The zero-order valence-electron chi connectivity index (χ0n) is 17.6. The summed E-state index contributed by atoms with van der Waals surface area (Å²) in [5.74, 6) is 0.283. The van der Waals surface area contributed by atoms with Crippen molar-refractivity contribution in [3.05, 3.63) is 101 Å². The number of nitrogens with zero attached hydrogens (tertiary/aromatic N) is 1. The van der Waals surface area contributed by atoms with E-state index in [-0.39, 0.29) is 17.5 Å². The lowest BCUT2D eigenvalue weighted by atomic mass is 10.1. The second kappa shape index (κ2) is 9.75. The molecule has 160 valence electrons. The summed E-state index contributed by atoms with van der Waals surface area (Å²) in [5, 5.41) is 2.69. The Hall–Kier alpha value is -4.19. The van der Waals surface area contributed by atoms with Crippen LogP contribution in [0.2, 0.25) is 0 Å². The second-order valence-electron chi connectivity index (χ2n) is 7.25. The van der Waals surface area contributed by atoms with Crippen LogP contribution in [0, 0.1) is 0 Å². The van der Waals surface area contributed by atoms with Gasteiger partial charge >= 0.3 is 5.97 Å². The molecule has 32 heavy (non-hydrogen) atoms. The van der Waals surface area contributed by atoms with E-state index in [1.165, 1.54) is 12.5 Å². The number of cyclic esters (lactones) is 1. The van der Waals surface area contributed by atoms with Gasteiger partial charge in [-0.15, -0.1) is 0 Å². The Morgan fingerprint density at radius 2 is 1.81 bits per heavy atom. The first-order chi connectivity index (χ1) is 15.6. The molecule has 0 fully saturated rings. The summed E-state index contributed by atoms with van der Waals surface area (Å²) in [6.07, 6.45) is 2.48. The molecule has 0 bridgehead atoms. The van der Waals surface area contributed by atoms with Crippen LogP contribution >= 0.6 is 0 Å². The van der Waals surface area contributed by atoms with Gasteiger partial charge in [0.25, 0.3) is 0 Å². The van der Waals surface area contributed by atoms with Crippen LogP contribution in [-0.2, 0) is 20.7 Å². The summed E-state index contributed by atoms with van der Waals surface area (Å²) in [6, 6.07) is 24.6. The highest BCUT2D eigenvalue weighted by Crippen LogP contribution is 2.22. The first-order valence-electron chi connectivity index (χ1n) is 10.2. The standard InChI is InChI=1S/C26H22N2O4/c1-18(29)27-22-12-10-21(11-13-22)25-28-24(26(30)32-25)17-20-8-5-9-23(16-20)31-15-14-19-6-3-2-4-7-19/h2-13,16-17H,14-15H2,1H3,(H,27,29)/b24-17-. The van der Waals surface area contributed by atoms with Crippen molar-refractivity contribution in [2.45, 2.75) is 13.3 Å². The molecule has 0 unspecified atom stereocenters. The van der Waals surface area contributed by atoms with Crippen LogP contribution in [0.3, 0.4) is 0 Å². The van der Waals surface area contributed by atoms with Gasteiger partial charge in [-0.1, -0.05) is 42.5 Å². The molecule has 0 saturated carbocycles. The summed E-state index contributed by atoms with van der Waals surface area (Å²) in [6.45, 7) is 2.00. The minimum absolute atomic E-state index is 0.154. The number of benzene rings is 3. The molecule has 1 aliphatic heterocycles. The molecule has 0 atom stereocenters. The fourth-order valence-electron chi connectivity index (χ4n) is 3.22. The van der Waals surface area contributed by atoms with Crippen molar-refractivity contribution in [1.82, 2.24) is 0 Å². The maximum atomic E-state index is 12.3. The van der Waals surface area contributed by atoms with E-state index in [4.69, 9.17) is 9.47 Å². The van der Waals surface area contributed by atoms with E-state index >= 15 is 0 Å². The normalized spacial score (nSPS) is 14.1. The van der Waals surface area contributed by atoms with Crippen LogP contribution in [0.25, 0.3) is 6.08 Å². The molecule has 0 aromatic heterocycles. The maximum Gasteiger partial charge on any atom is 0.363 e. The van der Waals surface area contributed by atoms with E-state index < -0.39 is 5.97 Å². The first kappa shape index (κ1) is 21.1. The Bertz CT molecular complexity index is 1180. The number of aliphatic imine (C=N–C) groups is 1. The van der Waals surface area contributed by atoms with Gasteiger partial charge in [0.2, 0.25) is 11.8 Å². The highest BCUT2D eigenvalue weighted by molar-refractivity contribution is 6.13. The zero-order chi connectivity index (χ0) is 22.3. The SMILES string of the molecule is CC(=O)Nc1ccc(C2=N/C(=C\c3cccc(OCCc4ccccc4)c3)C(=O)O2)cc1. The molecule has 0 spiro atoms. The van der Waals surface area contributed by atoms with Gasteiger partial charge in [0, 0.05) is 24.6 Å². The third kappa shape index (κ3) is 5.49. The number of hydrogen-bond donors (Lipinski definition) is 1. The number of ether oxygens (including phenoxy) is 2. The minimum atomic E-state index is -0.513. The third-order valence-corrected chi connectivity index (χ3v) is 4.74. The Balaban J connectivity index is 1.43. The van der Waals surface area contributed by atoms with Crippen LogP contribution in [0.5, 0.6) is 5.75 Å². The van der Waals surface area contributed by atoms with Gasteiger partial charge in [0.1, 0.15) is 5.75 Å². The van der Waals surface area contributed by atoms with Gasteiger partial charge in [0.15, 0.2) is 5.70 Å². The van der Waals surface area contributed by atoms with Gasteiger partial charge in [0.05, 0.1) is 6.61 Å². The van der Waals surface area contributed by atoms with E-state index in [0.717, 1.165) is 17.7 Å². The van der Waals surface area contributed by atoms with Gasteiger partial charge in [-0.25, -0.2) is 9.79 Å². The molecule has 0 radical (unpaired) electrons. The molecule has 1 N–H and O–H groups in total. The van der Waals surface area contributed by atoms with Crippen molar-refractivity contribution in [1.29, 1.82) is 0 Å². The Morgan fingerprint density at radius 3 is 2.56 bits per heavy atom.